The molecule has 3 N–H and O–H groups in total. The van der Waals surface area contributed by atoms with Crippen molar-refractivity contribution in [3.63, 3.8) is 0 Å². The van der Waals surface area contributed by atoms with Crippen LogP contribution in [0.15, 0.2) is 24.5 Å². The monoisotopic (exact) mass is 149 g/mol. The molecule has 0 radical (unpaired) electrons. The van der Waals surface area contributed by atoms with Crippen molar-refractivity contribution >= 4 is 11.5 Å². The first-order valence-corrected chi connectivity index (χ1v) is 3.19. The number of anilines is 1. The molecule has 11 heavy (non-hydrogen) atoms. The summed E-state index contributed by atoms with van der Waals surface area (Å²) in [4.78, 5) is 3.87. The van der Waals surface area contributed by atoms with Gasteiger partial charge in [-0.05, 0) is 6.07 Å². The minimum atomic E-state index is 0.220. The van der Waals surface area contributed by atoms with Gasteiger partial charge in [0.15, 0.2) is 0 Å². The minimum Gasteiger partial charge on any atom is -0.508 e. The Hall–Kier alpha value is -1.71. The molecule has 4 nitrogen and oxygen atoms in total. The summed E-state index contributed by atoms with van der Waals surface area (Å²) in [5.74, 6) is 0.650. The van der Waals surface area contributed by atoms with Gasteiger partial charge in [-0.2, -0.15) is 0 Å². The number of rotatable bonds is 0. The molecule has 0 atom stereocenters. The van der Waals surface area contributed by atoms with Gasteiger partial charge < -0.3 is 10.8 Å². The highest BCUT2D eigenvalue weighted by Gasteiger charge is 1.97. The van der Waals surface area contributed by atoms with Crippen molar-refractivity contribution < 1.29 is 5.11 Å². The molecule has 0 aliphatic heterocycles. The first kappa shape index (κ1) is 6.03. The lowest BCUT2D eigenvalue weighted by Gasteiger charge is -1.94. The number of hydrogen-bond acceptors (Lipinski definition) is 3. The summed E-state index contributed by atoms with van der Waals surface area (Å²) in [5, 5.41) is 9.06. The number of pyridine rings is 1. The molecule has 0 bridgehead atoms. The Kier molecular flexibility index (Phi) is 1.03. The van der Waals surface area contributed by atoms with Gasteiger partial charge in [-0.15, -0.1) is 0 Å². The van der Waals surface area contributed by atoms with Gasteiger partial charge in [0.05, 0.1) is 11.7 Å². The van der Waals surface area contributed by atoms with Crippen molar-refractivity contribution in [2.45, 2.75) is 0 Å². The van der Waals surface area contributed by atoms with Crippen LogP contribution in [0.25, 0.3) is 5.52 Å². The van der Waals surface area contributed by atoms with Crippen LogP contribution >= 0.6 is 0 Å². The third kappa shape index (κ3) is 0.797. The molecular weight excluding hydrogens is 142 g/mol. The summed E-state index contributed by atoms with van der Waals surface area (Å²) in [6, 6.07) is 3.16. The number of nitrogens with zero attached hydrogens (tertiary/aromatic N) is 2. The van der Waals surface area contributed by atoms with E-state index >= 15 is 0 Å². The Labute approximate surface area is 62.9 Å². The average molecular weight is 149 g/mol. The number of aromatic nitrogens is 2. The van der Waals surface area contributed by atoms with Gasteiger partial charge in [-0.3, -0.25) is 4.40 Å². The van der Waals surface area contributed by atoms with E-state index in [9.17, 15) is 0 Å². The number of hydrogen-bond donors (Lipinski definition) is 2. The van der Waals surface area contributed by atoms with Crippen LogP contribution in [0.4, 0.5) is 5.95 Å². The largest absolute Gasteiger partial charge is 0.508 e. The van der Waals surface area contributed by atoms with Crippen LogP contribution in [0.3, 0.4) is 0 Å². The quantitative estimate of drug-likeness (QED) is 0.577. The van der Waals surface area contributed by atoms with E-state index in [1.807, 2.05) is 0 Å². The lowest BCUT2D eigenvalue weighted by Crippen LogP contribution is -1.92. The Morgan fingerprint density at radius 2 is 2.36 bits per heavy atom. The van der Waals surface area contributed by atoms with Gasteiger partial charge in [0.2, 0.25) is 5.95 Å². The van der Waals surface area contributed by atoms with E-state index in [2.05, 4.69) is 4.98 Å². The van der Waals surface area contributed by atoms with Gasteiger partial charge in [0.1, 0.15) is 5.75 Å². The van der Waals surface area contributed by atoms with E-state index in [0.717, 1.165) is 5.52 Å². The average Bonchev–Trinajstić information content (AvgIpc) is 2.32. The lowest BCUT2D eigenvalue weighted by atomic mass is 10.4. The zero-order valence-corrected chi connectivity index (χ0v) is 5.73. The van der Waals surface area contributed by atoms with Crippen molar-refractivity contribution in [1.82, 2.24) is 9.38 Å². The fraction of sp³-hybridized carbons (Fsp3) is 0. The molecule has 0 aliphatic rings. The number of fused-ring (bicyclic) bond motifs is 1. The van der Waals surface area contributed by atoms with Gasteiger partial charge in [0, 0.05) is 12.3 Å². The van der Waals surface area contributed by atoms with E-state index in [1.165, 1.54) is 0 Å². The Morgan fingerprint density at radius 1 is 1.55 bits per heavy atom. The van der Waals surface area contributed by atoms with Gasteiger partial charge in [-0.1, -0.05) is 0 Å². The summed E-state index contributed by atoms with van der Waals surface area (Å²) in [6.45, 7) is 0. The van der Waals surface area contributed by atoms with Crippen molar-refractivity contribution in [2.24, 2.45) is 0 Å². The minimum absolute atomic E-state index is 0.220. The highest BCUT2D eigenvalue weighted by Crippen LogP contribution is 2.14. The standard InChI is InChI=1S/C7H7N3O/c8-7-9-4-5-3-6(11)1-2-10(5)7/h1-4,11H,(H2,8,9). The molecule has 0 aliphatic carbocycles. The van der Waals surface area contributed by atoms with Crippen molar-refractivity contribution in [1.29, 1.82) is 0 Å². The summed E-state index contributed by atoms with van der Waals surface area (Å²) in [6.07, 6.45) is 3.28. The molecule has 0 aromatic carbocycles. The zero-order chi connectivity index (χ0) is 7.84. The van der Waals surface area contributed by atoms with Crippen molar-refractivity contribution in [2.75, 3.05) is 5.73 Å². The SMILES string of the molecule is Nc1ncc2cc(O)ccn12. The molecule has 2 heterocycles. The van der Waals surface area contributed by atoms with Crippen LogP contribution in [0.5, 0.6) is 5.75 Å². The molecule has 56 valence electrons. The topological polar surface area (TPSA) is 63.5 Å². The maximum absolute atomic E-state index is 9.06. The molecule has 2 rings (SSSR count). The van der Waals surface area contributed by atoms with E-state index in [1.54, 1.807) is 28.9 Å². The Balaban J connectivity index is 2.86. The normalized spacial score (nSPS) is 10.5. The first-order valence-electron chi connectivity index (χ1n) is 3.19. The zero-order valence-electron chi connectivity index (χ0n) is 5.73. The van der Waals surface area contributed by atoms with E-state index in [4.69, 9.17) is 10.8 Å². The Morgan fingerprint density at radius 3 is 3.18 bits per heavy atom. The summed E-state index contributed by atoms with van der Waals surface area (Å²) in [5.41, 5.74) is 6.29. The van der Waals surface area contributed by atoms with E-state index in [-0.39, 0.29) is 5.75 Å². The maximum atomic E-state index is 9.06. The van der Waals surface area contributed by atoms with E-state index in [0.29, 0.717) is 5.95 Å². The Bertz CT molecular complexity index is 393. The summed E-state index contributed by atoms with van der Waals surface area (Å²) >= 11 is 0. The lowest BCUT2D eigenvalue weighted by molar-refractivity contribution is 0.475. The first-order chi connectivity index (χ1) is 5.27. The highest BCUT2D eigenvalue weighted by molar-refractivity contribution is 5.53. The van der Waals surface area contributed by atoms with Crippen LogP contribution in [0.1, 0.15) is 0 Å². The third-order valence-electron chi connectivity index (χ3n) is 1.54. The molecule has 0 saturated carbocycles. The van der Waals surface area contributed by atoms with Gasteiger partial charge >= 0.3 is 0 Å². The van der Waals surface area contributed by atoms with Crippen LogP contribution < -0.4 is 5.73 Å². The van der Waals surface area contributed by atoms with Crippen LogP contribution in [0, 0.1) is 0 Å². The summed E-state index contributed by atoms with van der Waals surface area (Å²) in [7, 11) is 0. The molecule has 4 heteroatoms. The second-order valence-electron chi connectivity index (χ2n) is 2.30. The fourth-order valence-corrected chi connectivity index (χ4v) is 1.01. The predicted octanol–water partition coefficient (Wildman–Crippen LogP) is 0.622. The van der Waals surface area contributed by atoms with E-state index < -0.39 is 0 Å². The number of nitrogens with two attached hydrogens (primary N) is 1. The highest BCUT2D eigenvalue weighted by atomic mass is 16.3. The molecule has 0 unspecified atom stereocenters. The van der Waals surface area contributed by atoms with Crippen molar-refractivity contribution in [3.05, 3.63) is 24.5 Å². The molecule has 2 aromatic heterocycles. The molecule has 2 aromatic rings. The molecule has 0 saturated heterocycles. The smallest absolute Gasteiger partial charge is 0.204 e. The third-order valence-corrected chi connectivity index (χ3v) is 1.54. The molecule has 0 amide bonds. The second-order valence-corrected chi connectivity index (χ2v) is 2.30. The summed E-state index contributed by atoms with van der Waals surface area (Å²) < 4.78 is 1.69. The van der Waals surface area contributed by atoms with Gasteiger partial charge in [0.25, 0.3) is 0 Å². The fourth-order valence-electron chi connectivity index (χ4n) is 1.01. The number of imidazole rings is 1. The predicted molar refractivity (Wildman–Crippen MR) is 41.3 cm³/mol. The van der Waals surface area contributed by atoms with Crippen LogP contribution in [-0.2, 0) is 0 Å². The van der Waals surface area contributed by atoms with Gasteiger partial charge in [-0.25, -0.2) is 4.98 Å². The molecule has 0 fully saturated rings. The van der Waals surface area contributed by atoms with Crippen molar-refractivity contribution in [3.8, 4) is 5.75 Å². The number of aromatic hydroxyl groups is 1. The number of nitrogen functional groups attached to an aromatic ring is 1. The van der Waals surface area contributed by atoms with Crippen LogP contribution in [0.2, 0.25) is 0 Å². The second kappa shape index (κ2) is 1.88. The maximum Gasteiger partial charge on any atom is 0.204 e. The molecule has 0 spiro atoms. The molecular formula is C7H7N3O. The van der Waals surface area contributed by atoms with Crippen LogP contribution in [-0.4, -0.2) is 14.5 Å².